The fraction of sp³-hybridized carbons (Fsp3) is 0.0526. The van der Waals surface area contributed by atoms with Gasteiger partial charge in [0.2, 0.25) is 0 Å². The number of carbonyl (C=O) groups is 1. The van der Waals surface area contributed by atoms with Crippen LogP contribution in [0.15, 0.2) is 66.7 Å². The number of imidazole rings is 1. The van der Waals surface area contributed by atoms with Crippen LogP contribution in [0.4, 0.5) is 0 Å². The van der Waals surface area contributed by atoms with Gasteiger partial charge in [-0.2, -0.15) is 0 Å². The molecule has 3 rings (SSSR count). The first-order valence-electron chi connectivity index (χ1n) is 7.41. The van der Waals surface area contributed by atoms with Crippen LogP contribution in [-0.2, 0) is 11.3 Å². The van der Waals surface area contributed by atoms with Crippen LogP contribution in [0.3, 0.4) is 0 Å². The molecule has 0 unspecified atom stereocenters. The zero-order valence-electron chi connectivity index (χ0n) is 12.8. The largest absolute Gasteiger partial charge is 0.478 e. The summed E-state index contributed by atoms with van der Waals surface area (Å²) < 4.78 is 1.92. The van der Waals surface area contributed by atoms with Crippen molar-refractivity contribution in [3.8, 4) is 11.4 Å². The Morgan fingerprint density at radius 2 is 1.71 bits per heavy atom. The molecule has 0 aliphatic carbocycles. The molecule has 0 aliphatic rings. The molecule has 120 valence electrons. The summed E-state index contributed by atoms with van der Waals surface area (Å²) in [6.45, 7) is 0.546. The summed E-state index contributed by atoms with van der Waals surface area (Å²) >= 11 is 6.27. The van der Waals surface area contributed by atoms with Gasteiger partial charge in [0.05, 0.1) is 5.69 Å². The maximum atomic E-state index is 10.9. The van der Waals surface area contributed by atoms with Crippen molar-refractivity contribution in [2.24, 2.45) is 0 Å². The number of rotatable bonds is 5. The third-order valence-corrected chi connectivity index (χ3v) is 3.84. The number of nitrogens with zero attached hydrogens (tertiary/aromatic N) is 2. The number of hydrogen-bond acceptors (Lipinski definition) is 2. The molecule has 5 heteroatoms. The smallest absolute Gasteiger partial charge is 0.328 e. The van der Waals surface area contributed by atoms with E-state index >= 15 is 0 Å². The third-order valence-electron chi connectivity index (χ3n) is 3.56. The maximum absolute atomic E-state index is 10.9. The van der Waals surface area contributed by atoms with Gasteiger partial charge in [0, 0.05) is 18.2 Å². The van der Waals surface area contributed by atoms with Crippen LogP contribution >= 0.6 is 11.6 Å². The van der Waals surface area contributed by atoms with Gasteiger partial charge in [-0.05, 0) is 11.6 Å². The lowest BCUT2D eigenvalue weighted by Crippen LogP contribution is -2.04. The first-order chi connectivity index (χ1) is 11.6. The standard InChI is InChI=1S/C19H15ClN2O2/c20-18-16(11-12-17(23)24)22(13-14-7-3-1-4-8-14)19(21-18)15-9-5-2-6-10-15/h1-12H,13H2,(H,23,24)/b12-11+. The molecule has 3 aromatic rings. The first kappa shape index (κ1) is 16.0. The Hall–Kier alpha value is -2.85. The van der Waals surface area contributed by atoms with E-state index in [1.165, 1.54) is 6.08 Å². The maximum Gasteiger partial charge on any atom is 0.328 e. The highest BCUT2D eigenvalue weighted by Crippen LogP contribution is 2.27. The number of aromatic nitrogens is 2. The normalized spacial score (nSPS) is 11.0. The minimum absolute atomic E-state index is 0.280. The summed E-state index contributed by atoms with van der Waals surface area (Å²) in [5.41, 5.74) is 2.57. The SMILES string of the molecule is O=C(O)/C=C/c1c(Cl)nc(-c2ccccc2)n1Cc1ccccc1. The van der Waals surface area contributed by atoms with Gasteiger partial charge < -0.3 is 9.67 Å². The molecule has 0 spiro atoms. The van der Waals surface area contributed by atoms with Crippen molar-refractivity contribution in [1.82, 2.24) is 9.55 Å². The van der Waals surface area contributed by atoms with Crippen molar-refractivity contribution in [3.05, 3.63) is 83.2 Å². The molecular weight excluding hydrogens is 324 g/mol. The summed E-state index contributed by atoms with van der Waals surface area (Å²) in [6, 6.07) is 19.6. The average Bonchev–Trinajstić information content (AvgIpc) is 2.90. The molecule has 1 aromatic heterocycles. The molecular formula is C19H15ClN2O2. The molecule has 1 heterocycles. The van der Waals surface area contributed by atoms with E-state index in [1.54, 1.807) is 0 Å². The molecule has 4 nitrogen and oxygen atoms in total. The van der Waals surface area contributed by atoms with Gasteiger partial charge in [-0.3, -0.25) is 0 Å². The number of aliphatic carboxylic acids is 1. The van der Waals surface area contributed by atoms with Crippen LogP contribution in [0.2, 0.25) is 5.15 Å². The molecule has 0 aliphatic heterocycles. The van der Waals surface area contributed by atoms with E-state index < -0.39 is 5.97 Å². The summed E-state index contributed by atoms with van der Waals surface area (Å²) in [6.07, 6.45) is 2.55. The van der Waals surface area contributed by atoms with Gasteiger partial charge in [0.1, 0.15) is 5.82 Å². The number of halogens is 1. The highest BCUT2D eigenvalue weighted by Gasteiger charge is 2.16. The lowest BCUT2D eigenvalue weighted by Gasteiger charge is -2.10. The van der Waals surface area contributed by atoms with Crippen LogP contribution in [0.5, 0.6) is 0 Å². The molecule has 1 N–H and O–H groups in total. The zero-order chi connectivity index (χ0) is 16.9. The lowest BCUT2D eigenvalue weighted by atomic mass is 10.2. The van der Waals surface area contributed by atoms with Crippen molar-refractivity contribution in [1.29, 1.82) is 0 Å². The Balaban J connectivity index is 2.12. The first-order valence-corrected chi connectivity index (χ1v) is 7.79. The Bertz CT molecular complexity index is 871. The van der Waals surface area contributed by atoms with Crippen LogP contribution in [-0.4, -0.2) is 20.6 Å². The summed E-state index contributed by atoms with van der Waals surface area (Å²) in [5.74, 6) is -0.325. The number of carboxylic acids is 1. The Morgan fingerprint density at radius 1 is 1.08 bits per heavy atom. The minimum Gasteiger partial charge on any atom is -0.478 e. The van der Waals surface area contributed by atoms with Crippen LogP contribution in [0, 0.1) is 0 Å². The Kier molecular flexibility index (Phi) is 4.77. The lowest BCUT2D eigenvalue weighted by molar-refractivity contribution is -0.131. The van der Waals surface area contributed by atoms with E-state index in [0.717, 1.165) is 17.2 Å². The Morgan fingerprint density at radius 3 is 2.33 bits per heavy atom. The van der Waals surface area contributed by atoms with Crippen molar-refractivity contribution >= 4 is 23.6 Å². The van der Waals surface area contributed by atoms with Crippen LogP contribution < -0.4 is 0 Å². The minimum atomic E-state index is -1.03. The van der Waals surface area contributed by atoms with Gasteiger partial charge in [-0.1, -0.05) is 72.3 Å². The molecule has 0 saturated carbocycles. The van der Waals surface area contributed by atoms with E-state index in [9.17, 15) is 4.79 Å². The van der Waals surface area contributed by atoms with E-state index in [2.05, 4.69) is 4.98 Å². The fourth-order valence-corrected chi connectivity index (χ4v) is 2.72. The predicted octanol–water partition coefficient (Wildman–Crippen LogP) is 4.35. The number of hydrogen-bond donors (Lipinski definition) is 1. The van der Waals surface area contributed by atoms with Gasteiger partial charge in [0.15, 0.2) is 5.15 Å². The van der Waals surface area contributed by atoms with Gasteiger partial charge >= 0.3 is 5.97 Å². The van der Waals surface area contributed by atoms with E-state index in [1.807, 2.05) is 65.2 Å². The average molecular weight is 339 g/mol. The number of benzene rings is 2. The second-order valence-corrected chi connectivity index (χ2v) is 5.58. The summed E-state index contributed by atoms with van der Waals surface area (Å²) in [5, 5.41) is 9.19. The quantitative estimate of drug-likeness (QED) is 0.704. The second-order valence-electron chi connectivity index (χ2n) is 5.22. The molecule has 0 amide bonds. The predicted molar refractivity (Wildman–Crippen MR) is 94.9 cm³/mol. The van der Waals surface area contributed by atoms with Gasteiger partial charge in [-0.15, -0.1) is 0 Å². The van der Waals surface area contributed by atoms with Crippen LogP contribution in [0.1, 0.15) is 11.3 Å². The molecule has 0 radical (unpaired) electrons. The van der Waals surface area contributed by atoms with Crippen molar-refractivity contribution in [3.63, 3.8) is 0 Å². The monoisotopic (exact) mass is 338 g/mol. The molecule has 0 fully saturated rings. The molecule has 24 heavy (non-hydrogen) atoms. The fourth-order valence-electron chi connectivity index (χ4n) is 2.48. The van der Waals surface area contributed by atoms with Crippen molar-refractivity contribution in [2.45, 2.75) is 6.54 Å². The van der Waals surface area contributed by atoms with Gasteiger partial charge in [-0.25, -0.2) is 9.78 Å². The molecule has 0 bridgehead atoms. The number of carboxylic acid groups (broad SMARTS) is 1. The molecule has 0 atom stereocenters. The second kappa shape index (κ2) is 7.15. The topological polar surface area (TPSA) is 55.1 Å². The highest BCUT2D eigenvalue weighted by molar-refractivity contribution is 6.31. The highest BCUT2D eigenvalue weighted by atomic mass is 35.5. The van der Waals surface area contributed by atoms with E-state index in [-0.39, 0.29) is 5.15 Å². The van der Waals surface area contributed by atoms with Crippen molar-refractivity contribution in [2.75, 3.05) is 0 Å². The summed E-state index contributed by atoms with van der Waals surface area (Å²) in [7, 11) is 0. The van der Waals surface area contributed by atoms with Gasteiger partial charge in [0.25, 0.3) is 0 Å². The summed E-state index contributed by atoms with van der Waals surface area (Å²) in [4.78, 5) is 15.3. The molecule has 2 aromatic carbocycles. The third kappa shape index (κ3) is 3.55. The van der Waals surface area contributed by atoms with E-state index in [0.29, 0.717) is 18.1 Å². The van der Waals surface area contributed by atoms with Crippen LogP contribution in [0.25, 0.3) is 17.5 Å². The van der Waals surface area contributed by atoms with Crippen molar-refractivity contribution < 1.29 is 9.90 Å². The van der Waals surface area contributed by atoms with E-state index in [4.69, 9.17) is 16.7 Å². The molecule has 0 saturated heterocycles. The Labute approximate surface area is 144 Å². The zero-order valence-corrected chi connectivity index (χ0v) is 13.5.